The molecule has 0 aromatic heterocycles. The second-order valence-electron chi connectivity index (χ2n) is 7.23. The van der Waals surface area contributed by atoms with Gasteiger partial charge in [-0.25, -0.2) is 0 Å². The molecule has 1 amide bonds. The van der Waals surface area contributed by atoms with Crippen LogP contribution in [0.2, 0.25) is 10.0 Å². The Morgan fingerprint density at radius 1 is 1.17 bits per heavy atom. The zero-order valence-corrected chi connectivity index (χ0v) is 17.9. The third-order valence-corrected chi connectivity index (χ3v) is 5.71. The molecule has 3 rings (SSSR count). The van der Waals surface area contributed by atoms with Gasteiger partial charge >= 0.3 is 0 Å². The lowest BCUT2D eigenvalue weighted by molar-refractivity contribution is -0.141. The highest BCUT2D eigenvalue weighted by Crippen LogP contribution is 2.48. The second kappa shape index (κ2) is 8.74. The van der Waals surface area contributed by atoms with Gasteiger partial charge in [-0.2, -0.15) is 0 Å². The van der Waals surface area contributed by atoms with E-state index in [9.17, 15) is 14.7 Å². The third kappa shape index (κ3) is 4.27. The number of ether oxygens (including phenoxy) is 1. The van der Waals surface area contributed by atoms with Gasteiger partial charge in [0.2, 0.25) is 0 Å². The number of rotatable bonds is 8. The molecular weight excluding hydrogens is 413 g/mol. The number of carbonyl (C=O) groups is 2. The first-order valence-electron chi connectivity index (χ1n) is 9.52. The standard InChI is InChI=1S/C22H23Cl2NO4/c1-3-4-11-29-16-7-5-15(6-8-16)13-25-20-17(9-10-18(23)19(20)24)22(28,21(25)27)12-14(2)26/h5-10,28H,3-4,11-13H2,1-2H3. The fourth-order valence-corrected chi connectivity index (χ4v) is 3.89. The van der Waals surface area contributed by atoms with Crippen molar-refractivity contribution in [1.82, 2.24) is 0 Å². The van der Waals surface area contributed by atoms with E-state index < -0.39 is 11.5 Å². The number of hydrogen-bond acceptors (Lipinski definition) is 4. The van der Waals surface area contributed by atoms with E-state index in [0.29, 0.717) is 17.9 Å². The van der Waals surface area contributed by atoms with Gasteiger partial charge in [-0.15, -0.1) is 0 Å². The van der Waals surface area contributed by atoms with Crippen molar-refractivity contribution in [3.05, 3.63) is 57.6 Å². The minimum Gasteiger partial charge on any atom is -0.494 e. The average molecular weight is 436 g/mol. The molecule has 2 aromatic rings. The van der Waals surface area contributed by atoms with Crippen molar-refractivity contribution in [2.24, 2.45) is 0 Å². The number of ketones is 1. The molecule has 5 nitrogen and oxygen atoms in total. The van der Waals surface area contributed by atoms with Crippen LogP contribution < -0.4 is 9.64 Å². The summed E-state index contributed by atoms with van der Waals surface area (Å²) in [5.41, 5.74) is -0.475. The van der Waals surface area contributed by atoms with E-state index in [2.05, 4.69) is 6.92 Å². The van der Waals surface area contributed by atoms with E-state index in [-0.39, 0.29) is 28.8 Å². The summed E-state index contributed by atoms with van der Waals surface area (Å²) >= 11 is 12.5. The van der Waals surface area contributed by atoms with Crippen LogP contribution in [0.1, 0.15) is 44.2 Å². The number of fused-ring (bicyclic) bond motifs is 1. The number of aliphatic hydroxyl groups is 1. The molecule has 0 saturated carbocycles. The van der Waals surface area contributed by atoms with Crippen LogP contribution >= 0.6 is 23.2 Å². The predicted octanol–water partition coefficient (Wildman–Crippen LogP) is 4.89. The van der Waals surface area contributed by atoms with Crippen molar-refractivity contribution in [3.63, 3.8) is 0 Å². The molecule has 1 atom stereocenters. The summed E-state index contributed by atoms with van der Waals surface area (Å²) in [6.45, 7) is 4.27. The zero-order valence-electron chi connectivity index (χ0n) is 16.4. The molecule has 1 heterocycles. The zero-order chi connectivity index (χ0) is 21.2. The molecule has 29 heavy (non-hydrogen) atoms. The lowest BCUT2D eigenvalue weighted by Crippen LogP contribution is -2.41. The van der Waals surface area contributed by atoms with Crippen LogP contribution in [-0.2, 0) is 21.7 Å². The summed E-state index contributed by atoms with van der Waals surface area (Å²) in [7, 11) is 0. The maximum atomic E-state index is 13.1. The largest absolute Gasteiger partial charge is 0.494 e. The molecule has 1 aliphatic heterocycles. The molecule has 1 N–H and O–H groups in total. The SMILES string of the molecule is CCCCOc1ccc(CN2C(=O)C(O)(CC(C)=O)c3ccc(Cl)c(Cl)c32)cc1. The predicted molar refractivity (Wildman–Crippen MR) is 114 cm³/mol. The fraction of sp³-hybridized carbons (Fsp3) is 0.364. The first-order valence-corrected chi connectivity index (χ1v) is 10.3. The second-order valence-corrected chi connectivity index (χ2v) is 8.02. The molecule has 154 valence electrons. The Morgan fingerprint density at radius 2 is 1.86 bits per heavy atom. The van der Waals surface area contributed by atoms with E-state index >= 15 is 0 Å². The number of nitrogens with zero attached hydrogens (tertiary/aromatic N) is 1. The molecule has 0 fully saturated rings. The van der Waals surface area contributed by atoms with Crippen molar-refractivity contribution < 1.29 is 19.4 Å². The molecule has 0 saturated heterocycles. The van der Waals surface area contributed by atoms with Gasteiger partial charge in [-0.3, -0.25) is 9.59 Å². The van der Waals surface area contributed by atoms with Gasteiger partial charge in [0.15, 0.2) is 5.60 Å². The number of unbranched alkanes of at least 4 members (excludes halogenated alkanes) is 1. The topological polar surface area (TPSA) is 66.8 Å². The monoisotopic (exact) mass is 435 g/mol. The first kappa shape index (κ1) is 21.6. The Labute approximate surface area is 180 Å². The Morgan fingerprint density at radius 3 is 2.48 bits per heavy atom. The van der Waals surface area contributed by atoms with Crippen LogP contribution in [0.5, 0.6) is 5.75 Å². The highest BCUT2D eigenvalue weighted by molar-refractivity contribution is 6.44. The quantitative estimate of drug-likeness (QED) is 0.599. The van der Waals surface area contributed by atoms with Gasteiger partial charge < -0.3 is 14.7 Å². The number of Topliss-reactive ketones (excluding diaryl/α,β-unsaturated/α-hetero) is 1. The Kier molecular flexibility index (Phi) is 6.52. The molecule has 1 unspecified atom stereocenters. The van der Waals surface area contributed by atoms with Gasteiger partial charge in [0.1, 0.15) is 11.5 Å². The fourth-order valence-electron chi connectivity index (χ4n) is 3.47. The van der Waals surface area contributed by atoms with Crippen LogP contribution in [0.15, 0.2) is 36.4 Å². The van der Waals surface area contributed by atoms with Crippen LogP contribution in [-0.4, -0.2) is 23.4 Å². The Bertz CT molecular complexity index is 929. The van der Waals surface area contributed by atoms with Crippen LogP contribution in [0.4, 0.5) is 5.69 Å². The highest BCUT2D eigenvalue weighted by Gasteiger charge is 2.51. The van der Waals surface area contributed by atoms with Gasteiger partial charge in [0, 0.05) is 12.0 Å². The molecule has 7 heteroatoms. The van der Waals surface area contributed by atoms with Gasteiger partial charge in [-0.05, 0) is 37.1 Å². The number of carbonyl (C=O) groups excluding carboxylic acids is 2. The molecule has 0 spiro atoms. The summed E-state index contributed by atoms with van der Waals surface area (Å²) < 4.78 is 5.66. The maximum Gasteiger partial charge on any atom is 0.264 e. The number of amides is 1. The summed E-state index contributed by atoms with van der Waals surface area (Å²) in [5, 5.41) is 11.5. The van der Waals surface area contributed by atoms with E-state index in [4.69, 9.17) is 27.9 Å². The third-order valence-electron chi connectivity index (χ3n) is 4.92. The number of benzene rings is 2. The van der Waals surface area contributed by atoms with Gasteiger partial charge in [0.05, 0.1) is 28.9 Å². The molecule has 1 aliphatic rings. The first-order chi connectivity index (χ1) is 13.8. The minimum absolute atomic E-state index is 0.177. The number of anilines is 1. The highest BCUT2D eigenvalue weighted by atomic mass is 35.5. The summed E-state index contributed by atoms with van der Waals surface area (Å²) in [4.78, 5) is 26.2. The lowest BCUT2D eigenvalue weighted by Gasteiger charge is -2.22. The maximum absolute atomic E-state index is 13.1. The van der Waals surface area contributed by atoms with E-state index in [0.717, 1.165) is 24.2 Å². The van der Waals surface area contributed by atoms with Crippen LogP contribution in [0.25, 0.3) is 0 Å². The van der Waals surface area contributed by atoms with Crippen molar-refractivity contribution in [3.8, 4) is 5.75 Å². The smallest absolute Gasteiger partial charge is 0.264 e. The molecular formula is C22H23Cl2NO4. The van der Waals surface area contributed by atoms with E-state index in [1.165, 1.54) is 17.9 Å². The Balaban J connectivity index is 1.91. The van der Waals surface area contributed by atoms with Crippen molar-refractivity contribution in [2.75, 3.05) is 11.5 Å². The molecule has 0 bridgehead atoms. The summed E-state index contributed by atoms with van der Waals surface area (Å²) in [5.74, 6) is -0.132. The molecule has 0 radical (unpaired) electrons. The van der Waals surface area contributed by atoms with E-state index in [1.807, 2.05) is 24.3 Å². The lowest BCUT2D eigenvalue weighted by atomic mass is 9.90. The number of hydrogen-bond donors (Lipinski definition) is 1. The van der Waals surface area contributed by atoms with Crippen LogP contribution in [0, 0.1) is 0 Å². The van der Waals surface area contributed by atoms with Crippen molar-refractivity contribution in [1.29, 1.82) is 0 Å². The van der Waals surface area contributed by atoms with Gasteiger partial charge in [-0.1, -0.05) is 54.7 Å². The van der Waals surface area contributed by atoms with Crippen molar-refractivity contribution >= 4 is 40.6 Å². The minimum atomic E-state index is -1.95. The average Bonchev–Trinajstić information content (AvgIpc) is 2.87. The molecule has 0 aliphatic carbocycles. The summed E-state index contributed by atoms with van der Waals surface area (Å²) in [6.07, 6.45) is 1.72. The van der Waals surface area contributed by atoms with Gasteiger partial charge in [0.25, 0.3) is 5.91 Å². The van der Waals surface area contributed by atoms with Crippen LogP contribution in [0.3, 0.4) is 0 Å². The Hall–Kier alpha value is -2.08. The summed E-state index contributed by atoms with van der Waals surface area (Å²) in [6, 6.07) is 10.5. The number of halogens is 2. The van der Waals surface area contributed by atoms with E-state index in [1.54, 1.807) is 6.07 Å². The normalized spacial score (nSPS) is 18.1. The molecule has 2 aromatic carbocycles. The van der Waals surface area contributed by atoms with Crippen molar-refractivity contribution in [2.45, 2.75) is 45.3 Å².